The molecule has 1 N–H and O–H groups in total. The first kappa shape index (κ1) is 10.2. The molecule has 5 nitrogen and oxygen atoms in total. The number of hydrogen-bond donors (Lipinski definition) is 1. The molecule has 0 saturated carbocycles. The van der Waals surface area contributed by atoms with Gasteiger partial charge in [-0.05, 0) is 19.1 Å². The molecule has 0 atom stereocenters. The van der Waals surface area contributed by atoms with Crippen molar-refractivity contribution in [1.29, 1.82) is 0 Å². The molecule has 0 aliphatic rings. The average molecular weight is 214 g/mol. The number of carbonyl (C=O) groups is 1. The SMILES string of the molecule is CC(=O)c1cccc(N=Nc2ncc[nH]2)c1. The molecule has 0 bridgehead atoms. The van der Waals surface area contributed by atoms with Crippen LogP contribution in [0.15, 0.2) is 46.9 Å². The molecule has 16 heavy (non-hydrogen) atoms. The summed E-state index contributed by atoms with van der Waals surface area (Å²) >= 11 is 0. The van der Waals surface area contributed by atoms with Gasteiger partial charge < -0.3 is 4.98 Å². The Bertz CT molecular complexity index is 517. The number of benzene rings is 1. The first-order valence-corrected chi connectivity index (χ1v) is 4.78. The van der Waals surface area contributed by atoms with E-state index in [0.29, 0.717) is 17.2 Å². The molecule has 0 fully saturated rings. The Labute approximate surface area is 92.3 Å². The number of hydrogen-bond acceptors (Lipinski definition) is 4. The number of nitrogens with one attached hydrogen (secondary N) is 1. The van der Waals surface area contributed by atoms with Crippen LogP contribution in [0.3, 0.4) is 0 Å². The number of rotatable bonds is 3. The van der Waals surface area contributed by atoms with Gasteiger partial charge in [0, 0.05) is 18.0 Å². The van der Waals surface area contributed by atoms with Crippen molar-refractivity contribution in [3.05, 3.63) is 42.2 Å². The van der Waals surface area contributed by atoms with Crippen molar-refractivity contribution < 1.29 is 4.79 Å². The normalized spacial score (nSPS) is 10.8. The van der Waals surface area contributed by atoms with Crippen LogP contribution >= 0.6 is 0 Å². The Hall–Kier alpha value is -2.30. The van der Waals surface area contributed by atoms with E-state index < -0.39 is 0 Å². The number of carbonyl (C=O) groups excluding carboxylic acids is 1. The zero-order valence-electron chi connectivity index (χ0n) is 8.71. The molecule has 0 aliphatic heterocycles. The van der Waals surface area contributed by atoms with E-state index in [9.17, 15) is 4.79 Å². The highest BCUT2D eigenvalue weighted by Gasteiger charge is 1.99. The van der Waals surface area contributed by atoms with Gasteiger partial charge >= 0.3 is 0 Å². The minimum atomic E-state index is 0.00930. The molecular weight excluding hydrogens is 204 g/mol. The van der Waals surface area contributed by atoms with Crippen molar-refractivity contribution in [2.75, 3.05) is 0 Å². The monoisotopic (exact) mass is 214 g/mol. The summed E-state index contributed by atoms with van der Waals surface area (Å²) in [7, 11) is 0. The van der Waals surface area contributed by atoms with Gasteiger partial charge in [0.25, 0.3) is 0 Å². The fourth-order valence-corrected chi connectivity index (χ4v) is 1.20. The highest BCUT2D eigenvalue weighted by atomic mass is 16.1. The number of nitrogens with zero attached hydrogens (tertiary/aromatic N) is 3. The summed E-state index contributed by atoms with van der Waals surface area (Å²) in [4.78, 5) is 17.9. The van der Waals surface area contributed by atoms with E-state index in [2.05, 4.69) is 20.2 Å². The third kappa shape index (κ3) is 2.38. The topological polar surface area (TPSA) is 70.5 Å². The summed E-state index contributed by atoms with van der Waals surface area (Å²) < 4.78 is 0. The van der Waals surface area contributed by atoms with Crippen LogP contribution in [0.1, 0.15) is 17.3 Å². The Morgan fingerprint density at radius 2 is 2.25 bits per heavy atom. The second-order valence-corrected chi connectivity index (χ2v) is 3.22. The largest absolute Gasteiger partial charge is 0.328 e. The Balaban J connectivity index is 2.22. The number of Topliss-reactive ketones (excluding diaryl/α,β-unsaturated/α-hetero) is 1. The third-order valence-electron chi connectivity index (χ3n) is 2.00. The van der Waals surface area contributed by atoms with Crippen molar-refractivity contribution in [3.63, 3.8) is 0 Å². The molecular formula is C11H10N4O. The van der Waals surface area contributed by atoms with Gasteiger partial charge in [0.05, 0.1) is 5.69 Å². The molecule has 0 radical (unpaired) electrons. The van der Waals surface area contributed by atoms with Crippen LogP contribution in [-0.4, -0.2) is 15.8 Å². The quantitative estimate of drug-likeness (QED) is 0.630. The molecule has 2 aromatic rings. The Morgan fingerprint density at radius 3 is 2.94 bits per heavy atom. The van der Waals surface area contributed by atoms with E-state index in [-0.39, 0.29) is 5.78 Å². The molecule has 80 valence electrons. The van der Waals surface area contributed by atoms with Gasteiger partial charge in [0.1, 0.15) is 0 Å². The van der Waals surface area contributed by atoms with Gasteiger partial charge in [0.15, 0.2) is 5.78 Å². The number of aromatic amines is 1. The van der Waals surface area contributed by atoms with Crippen LogP contribution in [0, 0.1) is 0 Å². The zero-order chi connectivity index (χ0) is 11.4. The predicted molar refractivity (Wildman–Crippen MR) is 59.2 cm³/mol. The van der Waals surface area contributed by atoms with E-state index in [0.717, 1.165) is 0 Å². The summed E-state index contributed by atoms with van der Waals surface area (Å²) in [5, 5.41) is 7.85. The van der Waals surface area contributed by atoms with Gasteiger partial charge in [-0.15, -0.1) is 10.2 Å². The van der Waals surface area contributed by atoms with Crippen LogP contribution < -0.4 is 0 Å². The van der Waals surface area contributed by atoms with Crippen molar-refractivity contribution in [1.82, 2.24) is 9.97 Å². The fraction of sp³-hybridized carbons (Fsp3) is 0.0909. The lowest BCUT2D eigenvalue weighted by molar-refractivity contribution is 0.101. The maximum absolute atomic E-state index is 11.1. The Kier molecular flexibility index (Phi) is 2.86. The number of imidazole rings is 1. The van der Waals surface area contributed by atoms with Crippen molar-refractivity contribution in [2.24, 2.45) is 10.2 Å². The van der Waals surface area contributed by atoms with E-state index in [1.807, 2.05) is 0 Å². The van der Waals surface area contributed by atoms with E-state index in [1.54, 1.807) is 36.7 Å². The minimum Gasteiger partial charge on any atom is -0.328 e. The molecule has 0 unspecified atom stereocenters. The van der Waals surface area contributed by atoms with Gasteiger partial charge in [-0.25, -0.2) is 4.98 Å². The lowest BCUT2D eigenvalue weighted by Gasteiger charge is -1.95. The zero-order valence-corrected chi connectivity index (χ0v) is 8.71. The first-order chi connectivity index (χ1) is 7.75. The summed E-state index contributed by atoms with van der Waals surface area (Å²) in [5.74, 6) is 0.447. The lowest BCUT2D eigenvalue weighted by Crippen LogP contribution is -1.89. The second kappa shape index (κ2) is 4.48. The predicted octanol–water partition coefficient (Wildman–Crippen LogP) is 3.03. The molecule has 1 aromatic carbocycles. The maximum Gasteiger partial charge on any atom is 0.246 e. The fourth-order valence-electron chi connectivity index (χ4n) is 1.20. The van der Waals surface area contributed by atoms with Crippen LogP contribution in [0.25, 0.3) is 0 Å². The standard InChI is InChI=1S/C11H10N4O/c1-8(16)9-3-2-4-10(7-9)14-15-11-12-5-6-13-11/h2-7H,1H3,(H,12,13). The summed E-state index contributed by atoms with van der Waals surface area (Å²) in [6, 6.07) is 6.98. The van der Waals surface area contributed by atoms with Gasteiger partial charge in [-0.3, -0.25) is 4.79 Å². The molecule has 0 spiro atoms. The number of ketones is 1. The maximum atomic E-state index is 11.1. The van der Waals surface area contributed by atoms with Crippen molar-refractivity contribution in [3.8, 4) is 0 Å². The lowest BCUT2D eigenvalue weighted by atomic mass is 10.1. The minimum absolute atomic E-state index is 0.00930. The summed E-state index contributed by atoms with van der Waals surface area (Å²) in [6.45, 7) is 1.52. The smallest absolute Gasteiger partial charge is 0.246 e. The second-order valence-electron chi connectivity index (χ2n) is 3.22. The van der Waals surface area contributed by atoms with Crippen molar-refractivity contribution in [2.45, 2.75) is 6.92 Å². The molecule has 0 saturated heterocycles. The summed E-state index contributed by atoms with van der Waals surface area (Å²) in [5.41, 5.74) is 1.25. The number of H-pyrrole nitrogens is 1. The summed E-state index contributed by atoms with van der Waals surface area (Å²) in [6.07, 6.45) is 3.26. The number of aromatic nitrogens is 2. The molecule has 0 aliphatic carbocycles. The first-order valence-electron chi connectivity index (χ1n) is 4.78. The molecule has 0 amide bonds. The van der Waals surface area contributed by atoms with Gasteiger partial charge in [0.2, 0.25) is 5.95 Å². The van der Waals surface area contributed by atoms with Crippen LogP contribution in [-0.2, 0) is 0 Å². The molecule has 1 heterocycles. The van der Waals surface area contributed by atoms with Crippen LogP contribution in [0.4, 0.5) is 11.6 Å². The Morgan fingerprint density at radius 1 is 1.38 bits per heavy atom. The number of azo groups is 1. The highest BCUT2D eigenvalue weighted by Crippen LogP contribution is 2.16. The van der Waals surface area contributed by atoms with E-state index in [1.165, 1.54) is 6.92 Å². The van der Waals surface area contributed by atoms with E-state index in [4.69, 9.17) is 0 Å². The molecule has 2 rings (SSSR count). The molecule has 1 aromatic heterocycles. The third-order valence-corrected chi connectivity index (χ3v) is 2.00. The van der Waals surface area contributed by atoms with Crippen LogP contribution in [0.5, 0.6) is 0 Å². The van der Waals surface area contributed by atoms with E-state index >= 15 is 0 Å². The van der Waals surface area contributed by atoms with Gasteiger partial charge in [-0.2, -0.15) is 0 Å². The average Bonchev–Trinajstić information content (AvgIpc) is 2.79. The molecule has 5 heteroatoms. The van der Waals surface area contributed by atoms with Crippen molar-refractivity contribution >= 4 is 17.4 Å². The van der Waals surface area contributed by atoms with Gasteiger partial charge in [-0.1, -0.05) is 12.1 Å². The van der Waals surface area contributed by atoms with Crippen LogP contribution in [0.2, 0.25) is 0 Å². The highest BCUT2D eigenvalue weighted by molar-refractivity contribution is 5.94.